The number of benzene rings is 1. The van der Waals surface area contributed by atoms with Crippen molar-refractivity contribution >= 4 is 23.2 Å². The molecule has 7 heteroatoms. The second kappa shape index (κ2) is 9.03. The fourth-order valence-electron chi connectivity index (χ4n) is 4.03. The molecule has 0 saturated carbocycles. The topological polar surface area (TPSA) is 75.3 Å². The highest BCUT2D eigenvalue weighted by molar-refractivity contribution is 7.13. The van der Waals surface area contributed by atoms with Gasteiger partial charge in [0.1, 0.15) is 10.8 Å². The summed E-state index contributed by atoms with van der Waals surface area (Å²) in [5.74, 6) is 1.10. The van der Waals surface area contributed by atoms with Crippen LogP contribution >= 0.6 is 11.3 Å². The van der Waals surface area contributed by atoms with Crippen molar-refractivity contribution in [3.05, 3.63) is 34.7 Å². The summed E-state index contributed by atoms with van der Waals surface area (Å²) in [6.07, 6.45) is 4.43. The molecule has 2 fully saturated rings. The normalized spacial score (nSPS) is 22.6. The van der Waals surface area contributed by atoms with E-state index in [1.54, 1.807) is 11.3 Å². The van der Waals surface area contributed by atoms with Gasteiger partial charge in [-0.3, -0.25) is 5.32 Å². The first-order chi connectivity index (χ1) is 13.7. The maximum atomic E-state index is 12.2. The second-order valence-electron chi connectivity index (χ2n) is 7.67. The molecule has 2 aromatic rings. The van der Waals surface area contributed by atoms with Gasteiger partial charge in [0.15, 0.2) is 0 Å². The van der Waals surface area contributed by atoms with Gasteiger partial charge in [-0.05, 0) is 56.3 Å². The summed E-state index contributed by atoms with van der Waals surface area (Å²) in [4.78, 5) is 16.8. The fraction of sp³-hybridized carbons (Fsp3) is 0.524. The SMILES string of the molecule is Cc1cc(-c2nc(NC(=O)NC3CCCNC3)cs2)ccc1C1CCCOC1. The minimum absolute atomic E-state index is 0.186. The number of thiazole rings is 1. The number of urea groups is 1. The Morgan fingerprint density at radius 1 is 1.32 bits per heavy atom. The van der Waals surface area contributed by atoms with E-state index in [9.17, 15) is 4.79 Å². The van der Waals surface area contributed by atoms with E-state index in [4.69, 9.17) is 4.74 Å². The molecule has 150 valence electrons. The van der Waals surface area contributed by atoms with Gasteiger partial charge in [0.25, 0.3) is 0 Å². The number of hydrogen-bond acceptors (Lipinski definition) is 5. The number of aromatic nitrogens is 1. The Hall–Kier alpha value is -1.96. The average Bonchev–Trinajstić information content (AvgIpc) is 3.17. The van der Waals surface area contributed by atoms with Gasteiger partial charge in [-0.15, -0.1) is 11.3 Å². The van der Waals surface area contributed by atoms with Crippen molar-refractivity contribution in [3.8, 4) is 10.6 Å². The van der Waals surface area contributed by atoms with Gasteiger partial charge in [-0.25, -0.2) is 9.78 Å². The maximum Gasteiger partial charge on any atom is 0.320 e. The number of nitrogens with one attached hydrogen (secondary N) is 3. The van der Waals surface area contributed by atoms with Crippen LogP contribution in [0, 0.1) is 6.92 Å². The summed E-state index contributed by atoms with van der Waals surface area (Å²) in [5.41, 5.74) is 3.74. The van der Waals surface area contributed by atoms with E-state index >= 15 is 0 Å². The molecule has 1 aromatic carbocycles. The molecule has 4 rings (SSSR count). The highest BCUT2D eigenvalue weighted by Crippen LogP contribution is 2.32. The summed E-state index contributed by atoms with van der Waals surface area (Å²) >= 11 is 1.55. The van der Waals surface area contributed by atoms with Gasteiger partial charge >= 0.3 is 6.03 Å². The Balaban J connectivity index is 1.39. The van der Waals surface area contributed by atoms with Crippen LogP contribution in [0.1, 0.15) is 42.7 Å². The Morgan fingerprint density at radius 3 is 3.00 bits per heavy atom. The van der Waals surface area contributed by atoms with E-state index in [0.717, 1.165) is 56.1 Å². The van der Waals surface area contributed by atoms with Crippen molar-refractivity contribution < 1.29 is 9.53 Å². The summed E-state index contributed by atoms with van der Waals surface area (Å²) < 4.78 is 5.64. The van der Waals surface area contributed by atoms with Crippen molar-refractivity contribution in [1.82, 2.24) is 15.6 Å². The largest absolute Gasteiger partial charge is 0.381 e. The zero-order valence-corrected chi connectivity index (χ0v) is 17.1. The van der Waals surface area contributed by atoms with Crippen LogP contribution in [-0.2, 0) is 4.74 Å². The maximum absolute atomic E-state index is 12.2. The molecule has 2 amide bonds. The van der Waals surface area contributed by atoms with Crippen LogP contribution in [0.3, 0.4) is 0 Å². The molecule has 3 heterocycles. The minimum Gasteiger partial charge on any atom is -0.381 e. The number of anilines is 1. The number of amides is 2. The number of rotatable bonds is 4. The third kappa shape index (κ3) is 4.71. The first-order valence-electron chi connectivity index (χ1n) is 10.1. The third-order valence-electron chi connectivity index (χ3n) is 5.49. The monoisotopic (exact) mass is 400 g/mol. The molecule has 2 unspecified atom stereocenters. The zero-order valence-electron chi connectivity index (χ0n) is 16.3. The molecule has 0 spiro atoms. The predicted molar refractivity (Wildman–Crippen MR) is 113 cm³/mol. The summed E-state index contributed by atoms with van der Waals surface area (Å²) in [5, 5.41) is 12.0. The molecule has 0 aliphatic carbocycles. The summed E-state index contributed by atoms with van der Waals surface area (Å²) in [6.45, 7) is 5.71. The van der Waals surface area contributed by atoms with Crippen LogP contribution in [0.5, 0.6) is 0 Å². The highest BCUT2D eigenvalue weighted by Gasteiger charge is 2.19. The fourth-order valence-corrected chi connectivity index (χ4v) is 4.78. The first-order valence-corrected chi connectivity index (χ1v) is 11.0. The van der Waals surface area contributed by atoms with Gasteiger partial charge in [0.2, 0.25) is 0 Å². The Morgan fingerprint density at radius 2 is 2.25 bits per heavy atom. The van der Waals surface area contributed by atoms with Crippen LogP contribution in [0.4, 0.5) is 10.6 Å². The van der Waals surface area contributed by atoms with Gasteiger partial charge in [0.05, 0.1) is 6.61 Å². The second-order valence-corrected chi connectivity index (χ2v) is 8.52. The molecule has 2 aliphatic rings. The van der Waals surface area contributed by atoms with Crippen LogP contribution in [0.15, 0.2) is 23.6 Å². The molecule has 28 heavy (non-hydrogen) atoms. The predicted octanol–water partition coefficient (Wildman–Crippen LogP) is 3.89. The molecule has 3 N–H and O–H groups in total. The molecule has 2 atom stereocenters. The van der Waals surface area contributed by atoms with E-state index in [-0.39, 0.29) is 12.1 Å². The lowest BCUT2D eigenvalue weighted by Gasteiger charge is -2.24. The summed E-state index contributed by atoms with van der Waals surface area (Å²) in [7, 11) is 0. The smallest absolute Gasteiger partial charge is 0.320 e. The number of ether oxygens (including phenoxy) is 1. The molecule has 1 aromatic heterocycles. The van der Waals surface area contributed by atoms with Crippen LogP contribution in [0.2, 0.25) is 0 Å². The van der Waals surface area contributed by atoms with Gasteiger partial charge in [0, 0.05) is 36.1 Å². The minimum atomic E-state index is -0.186. The van der Waals surface area contributed by atoms with Gasteiger partial charge in [-0.2, -0.15) is 0 Å². The highest BCUT2D eigenvalue weighted by atomic mass is 32.1. The quantitative estimate of drug-likeness (QED) is 0.728. The number of aryl methyl sites for hydroxylation is 1. The van der Waals surface area contributed by atoms with E-state index < -0.39 is 0 Å². The number of carbonyl (C=O) groups is 1. The Kier molecular flexibility index (Phi) is 6.24. The lowest BCUT2D eigenvalue weighted by molar-refractivity contribution is 0.0803. The molecular weight excluding hydrogens is 372 g/mol. The van der Waals surface area contributed by atoms with Crippen molar-refractivity contribution in [2.75, 3.05) is 31.6 Å². The number of piperidine rings is 1. The lowest BCUT2D eigenvalue weighted by atomic mass is 9.89. The summed E-state index contributed by atoms with van der Waals surface area (Å²) in [6, 6.07) is 6.54. The van der Waals surface area contributed by atoms with Crippen LogP contribution < -0.4 is 16.0 Å². The Bertz CT molecular complexity index is 810. The van der Waals surface area contributed by atoms with Gasteiger partial charge in [-0.1, -0.05) is 12.1 Å². The van der Waals surface area contributed by atoms with Crippen molar-refractivity contribution in [2.45, 2.75) is 44.6 Å². The Labute approximate surface area is 170 Å². The average molecular weight is 401 g/mol. The number of carbonyl (C=O) groups excluding carboxylic acids is 1. The number of hydrogen-bond donors (Lipinski definition) is 3. The molecule has 0 bridgehead atoms. The lowest BCUT2D eigenvalue weighted by Crippen LogP contribution is -2.47. The third-order valence-corrected chi connectivity index (χ3v) is 6.39. The number of nitrogens with zero attached hydrogens (tertiary/aromatic N) is 1. The molecule has 2 aliphatic heterocycles. The van der Waals surface area contributed by atoms with E-state index in [2.05, 4.69) is 46.1 Å². The molecule has 2 saturated heterocycles. The van der Waals surface area contributed by atoms with E-state index in [1.807, 2.05) is 5.38 Å². The van der Waals surface area contributed by atoms with E-state index in [1.165, 1.54) is 17.5 Å². The van der Waals surface area contributed by atoms with Crippen molar-refractivity contribution in [1.29, 1.82) is 0 Å². The molecular formula is C21H28N4O2S. The first kappa shape index (κ1) is 19.4. The standard InChI is InChI=1S/C21H28N4O2S/c1-14-10-15(6-7-18(14)16-4-3-9-27-12-16)20-24-19(13-28-20)25-21(26)23-17-5-2-8-22-11-17/h6-7,10,13,16-17,22H,2-5,8-9,11-12H2,1H3,(H2,23,25,26). The molecule has 6 nitrogen and oxygen atoms in total. The zero-order chi connectivity index (χ0) is 19.3. The molecule has 0 radical (unpaired) electrons. The van der Waals surface area contributed by atoms with Crippen molar-refractivity contribution in [3.63, 3.8) is 0 Å². The van der Waals surface area contributed by atoms with Crippen molar-refractivity contribution in [2.24, 2.45) is 0 Å². The van der Waals surface area contributed by atoms with Crippen LogP contribution in [0.25, 0.3) is 10.6 Å². The van der Waals surface area contributed by atoms with Gasteiger partial charge < -0.3 is 15.4 Å². The van der Waals surface area contributed by atoms with Crippen LogP contribution in [-0.4, -0.2) is 43.4 Å². The van der Waals surface area contributed by atoms with E-state index in [0.29, 0.717) is 11.7 Å².